The fraction of sp³-hybridized carbons (Fsp3) is 0.278. The Morgan fingerprint density at radius 3 is 2.70 bits per heavy atom. The van der Waals surface area contributed by atoms with Gasteiger partial charge in [0.15, 0.2) is 11.5 Å². The highest BCUT2D eigenvalue weighted by molar-refractivity contribution is 6.31. The van der Waals surface area contributed by atoms with E-state index in [2.05, 4.69) is 17.5 Å². The molecular weight excluding hydrogens is 312 g/mol. The van der Waals surface area contributed by atoms with E-state index in [1.807, 2.05) is 43.3 Å². The first-order valence-electron chi connectivity index (χ1n) is 7.50. The highest BCUT2D eigenvalue weighted by Gasteiger charge is 2.04. The Balaban J connectivity index is 2.05. The van der Waals surface area contributed by atoms with Gasteiger partial charge in [-0.3, -0.25) is 5.43 Å². The van der Waals surface area contributed by atoms with Gasteiger partial charge >= 0.3 is 0 Å². The largest absolute Gasteiger partial charge is 0.493 e. The van der Waals surface area contributed by atoms with Crippen molar-refractivity contribution in [1.29, 1.82) is 0 Å². The molecule has 5 heteroatoms. The summed E-state index contributed by atoms with van der Waals surface area (Å²) in [5, 5.41) is 4.93. The van der Waals surface area contributed by atoms with Crippen LogP contribution in [0.5, 0.6) is 11.5 Å². The zero-order chi connectivity index (χ0) is 16.7. The van der Waals surface area contributed by atoms with Crippen LogP contribution >= 0.6 is 11.6 Å². The number of hydrazone groups is 1. The summed E-state index contributed by atoms with van der Waals surface area (Å²) >= 11 is 6.09. The van der Waals surface area contributed by atoms with E-state index in [4.69, 9.17) is 21.1 Å². The first kappa shape index (κ1) is 17.2. The summed E-state index contributed by atoms with van der Waals surface area (Å²) in [6, 6.07) is 11.4. The maximum Gasteiger partial charge on any atom is 0.161 e. The molecule has 0 unspecified atom stereocenters. The first-order valence-corrected chi connectivity index (χ1v) is 7.88. The van der Waals surface area contributed by atoms with E-state index < -0.39 is 0 Å². The average molecular weight is 333 g/mol. The predicted molar refractivity (Wildman–Crippen MR) is 96.2 cm³/mol. The normalized spacial score (nSPS) is 10.8. The predicted octanol–water partition coefficient (Wildman–Crippen LogP) is 4.89. The molecule has 0 atom stereocenters. The monoisotopic (exact) mass is 332 g/mol. The molecule has 0 fully saturated rings. The van der Waals surface area contributed by atoms with E-state index in [1.165, 1.54) is 0 Å². The number of rotatable bonds is 7. The van der Waals surface area contributed by atoms with Crippen LogP contribution in [0, 0.1) is 6.92 Å². The smallest absolute Gasteiger partial charge is 0.161 e. The van der Waals surface area contributed by atoms with Gasteiger partial charge in [-0.05, 0) is 54.8 Å². The molecule has 0 radical (unpaired) electrons. The van der Waals surface area contributed by atoms with E-state index in [1.54, 1.807) is 13.3 Å². The molecule has 0 bridgehead atoms. The molecule has 0 aliphatic carbocycles. The van der Waals surface area contributed by atoms with Gasteiger partial charge in [0.05, 0.1) is 25.6 Å². The molecule has 0 aliphatic heterocycles. The van der Waals surface area contributed by atoms with Gasteiger partial charge in [-0.25, -0.2) is 0 Å². The molecule has 23 heavy (non-hydrogen) atoms. The average Bonchev–Trinajstić information content (AvgIpc) is 2.56. The van der Waals surface area contributed by atoms with E-state index in [0.29, 0.717) is 17.4 Å². The van der Waals surface area contributed by atoms with Gasteiger partial charge in [0.1, 0.15) is 0 Å². The molecule has 2 aromatic carbocycles. The number of aryl methyl sites for hydroxylation is 1. The first-order chi connectivity index (χ1) is 11.1. The number of hydrogen-bond donors (Lipinski definition) is 1. The Hall–Kier alpha value is -2.20. The maximum atomic E-state index is 6.09. The van der Waals surface area contributed by atoms with E-state index in [-0.39, 0.29) is 0 Å². The lowest BCUT2D eigenvalue weighted by molar-refractivity contribution is 0.294. The fourth-order valence-electron chi connectivity index (χ4n) is 1.94. The second-order valence-electron chi connectivity index (χ2n) is 5.09. The summed E-state index contributed by atoms with van der Waals surface area (Å²) < 4.78 is 11.0. The molecule has 0 aliphatic rings. The maximum absolute atomic E-state index is 6.09. The highest BCUT2D eigenvalue weighted by Crippen LogP contribution is 2.27. The van der Waals surface area contributed by atoms with Crippen molar-refractivity contribution in [3.63, 3.8) is 0 Å². The van der Waals surface area contributed by atoms with Crippen LogP contribution in [0.4, 0.5) is 5.69 Å². The Bertz CT molecular complexity index is 687. The van der Waals surface area contributed by atoms with Crippen molar-refractivity contribution < 1.29 is 9.47 Å². The Morgan fingerprint density at radius 2 is 2.00 bits per heavy atom. The molecule has 4 nitrogen and oxygen atoms in total. The molecule has 0 saturated carbocycles. The summed E-state index contributed by atoms with van der Waals surface area (Å²) in [5.41, 5.74) is 5.75. The minimum Gasteiger partial charge on any atom is -0.493 e. The van der Waals surface area contributed by atoms with Crippen molar-refractivity contribution in [2.75, 3.05) is 19.1 Å². The Kier molecular flexibility index (Phi) is 6.29. The SMILES string of the molecule is CCCOc1ccc(/C=N\Nc2ccc(C)c(Cl)c2)cc1OC. The van der Waals surface area contributed by atoms with Crippen LogP contribution in [0.2, 0.25) is 5.02 Å². The van der Waals surface area contributed by atoms with E-state index in [9.17, 15) is 0 Å². The van der Waals surface area contributed by atoms with Gasteiger partial charge in [-0.1, -0.05) is 24.6 Å². The minimum atomic E-state index is 0.666. The summed E-state index contributed by atoms with van der Waals surface area (Å²) in [4.78, 5) is 0. The van der Waals surface area contributed by atoms with E-state index in [0.717, 1.165) is 29.0 Å². The Morgan fingerprint density at radius 1 is 1.17 bits per heavy atom. The number of anilines is 1. The van der Waals surface area contributed by atoms with Gasteiger partial charge in [0, 0.05) is 5.02 Å². The third-order valence-electron chi connectivity index (χ3n) is 3.23. The van der Waals surface area contributed by atoms with Crippen molar-refractivity contribution >= 4 is 23.5 Å². The molecular formula is C18H21ClN2O2. The zero-order valence-electron chi connectivity index (χ0n) is 13.6. The van der Waals surface area contributed by atoms with E-state index >= 15 is 0 Å². The van der Waals surface area contributed by atoms with Gasteiger partial charge < -0.3 is 9.47 Å². The highest BCUT2D eigenvalue weighted by atomic mass is 35.5. The molecule has 0 spiro atoms. The molecule has 2 rings (SSSR count). The summed E-state index contributed by atoms with van der Waals surface area (Å²) in [5.74, 6) is 1.44. The van der Waals surface area contributed by atoms with Gasteiger partial charge in [-0.2, -0.15) is 5.10 Å². The Labute approximate surface area is 142 Å². The third-order valence-corrected chi connectivity index (χ3v) is 3.64. The number of nitrogens with zero attached hydrogens (tertiary/aromatic N) is 1. The van der Waals surface area contributed by atoms with Crippen molar-refractivity contribution in [2.45, 2.75) is 20.3 Å². The minimum absolute atomic E-state index is 0.666. The topological polar surface area (TPSA) is 42.8 Å². The lowest BCUT2D eigenvalue weighted by Gasteiger charge is -2.10. The molecule has 2 aromatic rings. The molecule has 122 valence electrons. The number of methoxy groups -OCH3 is 1. The fourth-order valence-corrected chi connectivity index (χ4v) is 2.12. The van der Waals surface area contributed by atoms with Crippen LogP contribution in [0.15, 0.2) is 41.5 Å². The third kappa shape index (κ3) is 4.89. The van der Waals surface area contributed by atoms with Crippen LogP contribution in [0.1, 0.15) is 24.5 Å². The zero-order valence-corrected chi connectivity index (χ0v) is 14.4. The molecule has 0 aromatic heterocycles. The number of halogens is 1. The summed E-state index contributed by atoms with van der Waals surface area (Å²) in [6.45, 7) is 4.69. The van der Waals surface area contributed by atoms with Crippen LogP contribution < -0.4 is 14.9 Å². The molecule has 1 N–H and O–H groups in total. The molecule has 0 heterocycles. The molecule has 0 amide bonds. The number of benzene rings is 2. The lowest BCUT2D eigenvalue weighted by atomic mass is 10.2. The standard InChI is InChI=1S/C18H21ClN2O2/c1-4-9-23-17-8-6-14(10-18(17)22-3)12-20-21-15-7-5-13(2)16(19)11-15/h5-8,10-12,21H,4,9H2,1-3H3/b20-12-. The summed E-state index contributed by atoms with van der Waals surface area (Å²) in [6.07, 6.45) is 2.68. The van der Waals surface area contributed by atoms with Gasteiger partial charge in [0.25, 0.3) is 0 Å². The van der Waals surface area contributed by atoms with Gasteiger partial charge in [-0.15, -0.1) is 0 Å². The quantitative estimate of drug-likeness (QED) is 0.579. The second-order valence-corrected chi connectivity index (χ2v) is 5.50. The van der Waals surface area contributed by atoms with Crippen LogP contribution in [-0.4, -0.2) is 19.9 Å². The van der Waals surface area contributed by atoms with Crippen molar-refractivity contribution in [2.24, 2.45) is 5.10 Å². The summed E-state index contributed by atoms with van der Waals surface area (Å²) in [7, 11) is 1.63. The second kappa shape index (κ2) is 8.44. The van der Waals surface area contributed by atoms with Gasteiger partial charge in [0.2, 0.25) is 0 Å². The number of ether oxygens (including phenoxy) is 2. The van der Waals surface area contributed by atoms with Crippen molar-refractivity contribution in [3.8, 4) is 11.5 Å². The molecule has 0 saturated heterocycles. The number of nitrogens with one attached hydrogen (secondary N) is 1. The lowest BCUT2D eigenvalue weighted by Crippen LogP contribution is -1.98. The van der Waals surface area contributed by atoms with Crippen molar-refractivity contribution in [3.05, 3.63) is 52.5 Å². The van der Waals surface area contributed by atoms with Crippen LogP contribution in [0.3, 0.4) is 0 Å². The van der Waals surface area contributed by atoms with Crippen LogP contribution in [-0.2, 0) is 0 Å². The van der Waals surface area contributed by atoms with Crippen molar-refractivity contribution in [1.82, 2.24) is 0 Å². The van der Waals surface area contributed by atoms with Crippen LogP contribution in [0.25, 0.3) is 0 Å². The number of hydrogen-bond acceptors (Lipinski definition) is 4.